The highest BCUT2D eigenvalue weighted by Crippen LogP contribution is 2.35. The highest BCUT2D eigenvalue weighted by molar-refractivity contribution is 9.11. The Balaban J connectivity index is 2.01. The molecule has 0 amide bonds. The van der Waals surface area contributed by atoms with E-state index in [9.17, 15) is 0 Å². The van der Waals surface area contributed by atoms with Gasteiger partial charge in [0, 0.05) is 25.4 Å². The highest BCUT2D eigenvalue weighted by atomic mass is 79.9. The van der Waals surface area contributed by atoms with Crippen LogP contribution in [-0.4, -0.2) is 22.9 Å². The van der Waals surface area contributed by atoms with Crippen LogP contribution in [0.1, 0.15) is 11.3 Å². The van der Waals surface area contributed by atoms with Crippen LogP contribution in [0.3, 0.4) is 0 Å². The molecule has 20 heavy (non-hydrogen) atoms. The van der Waals surface area contributed by atoms with Crippen molar-refractivity contribution in [1.29, 1.82) is 0 Å². The maximum absolute atomic E-state index is 5.86. The Morgan fingerprint density at radius 1 is 1.25 bits per heavy atom. The van der Waals surface area contributed by atoms with Crippen molar-refractivity contribution < 1.29 is 4.74 Å². The summed E-state index contributed by atoms with van der Waals surface area (Å²) in [7, 11) is 1.93. The molecule has 0 aliphatic heterocycles. The summed E-state index contributed by atoms with van der Waals surface area (Å²) < 4.78 is 9.61. The molecule has 0 aliphatic carbocycles. The molecule has 1 aromatic carbocycles. The first-order valence-corrected chi connectivity index (χ1v) is 7.98. The molecular weight excluding hydrogens is 386 g/mol. The first-order chi connectivity index (χ1) is 9.61. The summed E-state index contributed by atoms with van der Waals surface area (Å²) in [6.45, 7) is 1.24. The number of rotatable bonds is 6. The predicted molar refractivity (Wildman–Crippen MR) is 87.0 cm³/mol. The summed E-state index contributed by atoms with van der Waals surface area (Å²) in [6, 6.07) is 6.10. The van der Waals surface area contributed by atoms with Crippen LogP contribution in [0.2, 0.25) is 0 Å². The van der Waals surface area contributed by atoms with E-state index < -0.39 is 0 Å². The molecule has 0 fully saturated rings. The summed E-state index contributed by atoms with van der Waals surface area (Å²) in [6.07, 6.45) is 3.47. The SMILES string of the molecule is Cn1nccc1CCOc1c(Br)cc(CCN)cc1Br. The molecule has 0 spiro atoms. The second kappa shape index (κ2) is 7.24. The summed E-state index contributed by atoms with van der Waals surface area (Å²) in [5.41, 5.74) is 7.91. The van der Waals surface area contributed by atoms with Crippen LogP contribution in [0, 0.1) is 0 Å². The molecule has 4 nitrogen and oxygen atoms in total. The van der Waals surface area contributed by atoms with Crippen molar-refractivity contribution in [2.75, 3.05) is 13.2 Å². The van der Waals surface area contributed by atoms with Crippen molar-refractivity contribution in [1.82, 2.24) is 9.78 Å². The van der Waals surface area contributed by atoms with Gasteiger partial charge in [-0.1, -0.05) is 0 Å². The van der Waals surface area contributed by atoms with Crippen molar-refractivity contribution in [2.45, 2.75) is 12.8 Å². The van der Waals surface area contributed by atoms with Gasteiger partial charge in [-0.2, -0.15) is 5.10 Å². The van der Waals surface area contributed by atoms with E-state index in [4.69, 9.17) is 10.5 Å². The minimum absolute atomic E-state index is 0.604. The minimum Gasteiger partial charge on any atom is -0.491 e. The maximum Gasteiger partial charge on any atom is 0.147 e. The molecule has 108 valence electrons. The standard InChI is InChI=1S/C14H17Br2N3O/c1-19-11(3-6-18-19)4-7-20-14-12(15)8-10(2-5-17)9-13(14)16/h3,6,8-9H,2,4-5,7,17H2,1H3. The molecule has 6 heteroatoms. The van der Waals surface area contributed by atoms with E-state index in [2.05, 4.69) is 49.1 Å². The van der Waals surface area contributed by atoms with Gasteiger partial charge in [0.25, 0.3) is 0 Å². The van der Waals surface area contributed by atoms with Gasteiger partial charge in [0.05, 0.1) is 15.6 Å². The Labute approximate surface area is 135 Å². The van der Waals surface area contributed by atoms with Gasteiger partial charge in [-0.15, -0.1) is 0 Å². The average Bonchev–Trinajstić information content (AvgIpc) is 2.79. The second-order valence-corrected chi connectivity index (χ2v) is 6.18. The second-order valence-electron chi connectivity index (χ2n) is 4.47. The zero-order valence-electron chi connectivity index (χ0n) is 11.3. The summed E-state index contributed by atoms with van der Waals surface area (Å²) in [5, 5.41) is 4.14. The molecule has 0 saturated carbocycles. The molecule has 0 saturated heterocycles. The van der Waals surface area contributed by atoms with E-state index >= 15 is 0 Å². The van der Waals surface area contributed by atoms with E-state index in [-0.39, 0.29) is 0 Å². The van der Waals surface area contributed by atoms with Crippen molar-refractivity contribution in [3.8, 4) is 5.75 Å². The Bertz CT molecular complexity index is 561. The fourth-order valence-electron chi connectivity index (χ4n) is 1.97. The largest absolute Gasteiger partial charge is 0.491 e. The molecule has 0 atom stereocenters. The third kappa shape index (κ3) is 3.84. The Kier molecular flexibility index (Phi) is 5.63. The number of aromatic nitrogens is 2. The number of benzene rings is 1. The fourth-order valence-corrected chi connectivity index (χ4v) is 3.48. The van der Waals surface area contributed by atoms with Crippen molar-refractivity contribution in [3.05, 3.63) is 44.6 Å². The molecule has 2 aromatic rings. The van der Waals surface area contributed by atoms with Gasteiger partial charge < -0.3 is 10.5 Å². The van der Waals surface area contributed by atoms with E-state index in [1.54, 1.807) is 6.20 Å². The number of ether oxygens (including phenoxy) is 1. The summed E-state index contributed by atoms with van der Waals surface area (Å²) in [5.74, 6) is 0.827. The van der Waals surface area contributed by atoms with Crippen LogP contribution >= 0.6 is 31.9 Å². The molecule has 0 unspecified atom stereocenters. The van der Waals surface area contributed by atoms with Crippen molar-refractivity contribution in [2.24, 2.45) is 12.8 Å². The topological polar surface area (TPSA) is 53.1 Å². The monoisotopic (exact) mass is 401 g/mol. The molecule has 2 rings (SSSR count). The van der Waals surface area contributed by atoms with Gasteiger partial charge >= 0.3 is 0 Å². The average molecular weight is 403 g/mol. The normalized spacial score (nSPS) is 10.8. The molecule has 0 radical (unpaired) electrons. The fraction of sp³-hybridized carbons (Fsp3) is 0.357. The minimum atomic E-state index is 0.604. The maximum atomic E-state index is 5.86. The van der Waals surface area contributed by atoms with Gasteiger partial charge in [-0.05, 0) is 68.6 Å². The lowest BCUT2D eigenvalue weighted by molar-refractivity contribution is 0.314. The van der Waals surface area contributed by atoms with Gasteiger partial charge in [-0.3, -0.25) is 4.68 Å². The Morgan fingerprint density at radius 3 is 2.50 bits per heavy atom. The molecule has 2 N–H and O–H groups in total. The third-order valence-corrected chi connectivity index (χ3v) is 4.20. The first-order valence-electron chi connectivity index (χ1n) is 6.39. The van der Waals surface area contributed by atoms with Gasteiger partial charge in [0.2, 0.25) is 0 Å². The van der Waals surface area contributed by atoms with Gasteiger partial charge in [0.15, 0.2) is 0 Å². The van der Waals surface area contributed by atoms with Crippen LogP contribution < -0.4 is 10.5 Å². The van der Waals surface area contributed by atoms with E-state index in [0.717, 1.165) is 33.2 Å². The summed E-state index contributed by atoms with van der Waals surface area (Å²) in [4.78, 5) is 0. The van der Waals surface area contributed by atoms with E-state index in [1.165, 1.54) is 5.56 Å². The number of halogens is 2. The smallest absolute Gasteiger partial charge is 0.147 e. The molecular formula is C14H17Br2N3O. The zero-order valence-corrected chi connectivity index (χ0v) is 14.4. The van der Waals surface area contributed by atoms with Gasteiger partial charge in [-0.25, -0.2) is 0 Å². The molecule has 0 bridgehead atoms. The van der Waals surface area contributed by atoms with Crippen molar-refractivity contribution in [3.63, 3.8) is 0 Å². The zero-order chi connectivity index (χ0) is 14.5. The van der Waals surface area contributed by atoms with Crippen LogP contribution in [0.5, 0.6) is 5.75 Å². The highest BCUT2D eigenvalue weighted by Gasteiger charge is 2.09. The lowest BCUT2D eigenvalue weighted by Crippen LogP contribution is -2.07. The molecule has 1 aromatic heterocycles. The number of nitrogens with two attached hydrogens (primary N) is 1. The Hall–Kier alpha value is -0.850. The number of aryl methyl sites for hydroxylation is 1. The lowest BCUT2D eigenvalue weighted by atomic mass is 10.1. The van der Waals surface area contributed by atoms with Crippen LogP contribution in [-0.2, 0) is 19.9 Å². The van der Waals surface area contributed by atoms with Gasteiger partial charge in [0.1, 0.15) is 5.75 Å². The van der Waals surface area contributed by atoms with E-state index in [1.807, 2.05) is 17.8 Å². The molecule has 1 heterocycles. The number of hydrogen-bond donors (Lipinski definition) is 1. The quantitative estimate of drug-likeness (QED) is 0.807. The van der Waals surface area contributed by atoms with E-state index in [0.29, 0.717) is 13.2 Å². The Morgan fingerprint density at radius 2 is 1.95 bits per heavy atom. The first kappa shape index (κ1) is 15.5. The lowest BCUT2D eigenvalue weighted by Gasteiger charge is -2.12. The van der Waals surface area contributed by atoms with Crippen LogP contribution in [0.25, 0.3) is 0 Å². The summed E-state index contributed by atoms with van der Waals surface area (Å²) >= 11 is 7.10. The number of hydrogen-bond acceptors (Lipinski definition) is 3. The van der Waals surface area contributed by atoms with Crippen LogP contribution in [0.4, 0.5) is 0 Å². The predicted octanol–water partition coefficient (Wildman–Crippen LogP) is 3.07. The third-order valence-electron chi connectivity index (χ3n) is 3.02. The van der Waals surface area contributed by atoms with Crippen LogP contribution in [0.15, 0.2) is 33.3 Å². The molecule has 0 aliphatic rings. The number of nitrogens with zero attached hydrogens (tertiary/aromatic N) is 2. The van der Waals surface area contributed by atoms with Crippen molar-refractivity contribution >= 4 is 31.9 Å².